The number of guanidine groups is 1. The van der Waals surface area contributed by atoms with Crippen molar-refractivity contribution in [2.75, 3.05) is 59.7 Å². The van der Waals surface area contributed by atoms with Gasteiger partial charge in [0.25, 0.3) is 0 Å². The Balaban J connectivity index is 0.00000441. The normalized spacial score (nSPS) is 19.0. The number of hydrogen-bond donors (Lipinski definition) is 2. The average molecular weight is 428 g/mol. The molecule has 0 saturated carbocycles. The predicted octanol–water partition coefficient (Wildman–Crippen LogP) is 1.31. The van der Waals surface area contributed by atoms with Crippen molar-refractivity contribution in [1.29, 1.82) is 0 Å². The zero-order chi connectivity index (χ0) is 15.3. The molecule has 0 aromatic carbocycles. The van der Waals surface area contributed by atoms with E-state index in [1.54, 1.807) is 7.11 Å². The van der Waals surface area contributed by atoms with Crippen molar-refractivity contribution in [2.45, 2.75) is 32.7 Å². The van der Waals surface area contributed by atoms with Crippen molar-refractivity contribution in [3.05, 3.63) is 0 Å². The molecular formula is C15H33IN4O2. The Hall–Kier alpha value is -0.120. The molecule has 1 atom stereocenters. The van der Waals surface area contributed by atoms with E-state index in [2.05, 4.69) is 22.5 Å². The van der Waals surface area contributed by atoms with Gasteiger partial charge in [0.15, 0.2) is 5.96 Å². The van der Waals surface area contributed by atoms with Crippen LogP contribution in [0.4, 0.5) is 0 Å². The maximum absolute atomic E-state index is 5.33. The van der Waals surface area contributed by atoms with E-state index in [0.29, 0.717) is 12.6 Å². The predicted molar refractivity (Wildman–Crippen MR) is 102 cm³/mol. The molecule has 0 bridgehead atoms. The molecule has 0 aromatic heterocycles. The smallest absolute Gasteiger partial charge is 0.191 e. The van der Waals surface area contributed by atoms with Gasteiger partial charge in [-0.25, -0.2) is 0 Å². The average Bonchev–Trinajstić information content (AvgIpc) is 2.94. The molecule has 0 aliphatic carbocycles. The first kappa shape index (κ1) is 21.9. The minimum atomic E-state index is 0. The van der Waals surface area contributed by atoms with E-state index in [4.69, 9.17) is 14.5 Å². The first-order chi connectivity index (χ1) is 10.3. The summed E-state index contributed by atoms with van der Waals surface area (Å²) >= 11 is 0. The number of methoxy groups -OCH3 is 1. The van der Waals surface area contributed by atoms with Crippen molar-refractivity contribution < 1.29 is 9.47 Å². The third-order valence-electron chi connectivity index (χ3n) is 3.63. The van der Waals surface area contributed by atoms with Crippen LogP contribution in [-0.2, 0) is 9.47 Å². The van der Waals surface area contributed by atoms with Gasteiger partial charge in [-0.2, -0.15) is 0 Å². The lowest BCUT2D eigenvalue weighted by Gasteiger charge is -2.23. The molecule has 1 unspecified atom stereocenters. The Morgan fingerprint density at radius 3 is 2.77 bits per heavy atom. The number of hydrogen-bond acceptors (Lipinski definition) is 4. The maximum atomic E-state index is 5.33. The lowest BCUT2D eigenvalue weighted by atomic mass is 10.2. The third-order valence-corrected chi connectivity index (χ3v) is 3.63. The minimum absolute atomic E-state index is 0. The number of halogens is 1. The van der Waals surface area contributed by atoms with Gasteiger partial charge >= 0.3 is 0 Å². The summed E-state index contributed by atoms with van der Waals surface area (Å²) in [5, 5.41) is 6.59. The molecule has 7 heteroatoms. The molecule has 2 N–H and O–H groups in total. The molecule has 0 amide bonds. The summed E-state index contributed by atoms with van der Waals surface area (Å²) < 4.78 is 10.5. The van der Waals surface area contributed by atoms with E-state index in [1.807, 2.05) is 6.92 Å². The topological polar surface area (TPSA) is 58.1 Å². The van der Waals surface area contributed by atoms with Crippen LogP contribution in [0.1, 0.15) is 26.7 Å². The summed E-state index contributed by atoms with van der Waals surface area (Å²) in [5.41, 5.74) is 0. The first-order valence-corrected chi connectivity index (χ1v) is 8.14. The molecule has 1 fully saturated rings. The summed E-state index contributed by atoms with van der Waals surface area (Å²) in [6.07, 6.45) is 2.49. The van der Waals surface area contributed by atoms with Crippen LogP contribution >= 0.6 is 24.0 Å². The number of nitrogens with zero attached hydrogens (tertiary/aromatic N) is 2. The van der Waals surface area contributed by atoms with E-state index in [-0.39, 0.29) is 24.0 Å². The highest BCUT2D eigenvalue weighted by atomic mass is 127. The van der Waals surface area contributed by atoms with E-state index in [9.17, 15) is 0 Å². The highest BCUT2D eigenvalue weighted by molar-refractivity contribution is 14.0. The van der Waals surface area contributed by atoms with Crippen LogP contribution in [0.15, 0.2) is 4.99 Å². The number of nitrogens with one attached hydrogen (secondary N) is 2. The molecule has 22 heavy (non-hydrogen) atoms. The number of aliphatic imine (C=N–C) groups is 1. The number of rotatable bonds is 10. The molecular weight excluding hydrogens is 395 g/mol. The van der Waals surface area contributed by atoms with Gasteiger partial charge in [0.05, 0.1) is 19.8 Å². The second-order valence-corrected chi connectivity index (χ2v) is 5.17. The maximum Gasteiger partial charge on any atom is 0.191 e. The molecule has 1 aliphatic rings. The minimum Gasteiger partial charge on any atom is -0.383 e. The third kappa shape index (κ3) is 9.12. The Labute approximate surface area is 152 Å². The number of ether oxygens (including phenoxy) is 2. The second kappa shape index (κ2) is 14.5. The molecule has 132 valence electrons. The van der Waals surface area contributed by atoms with Gasteiger partial charge in [0, 0.05) is 39.4 Å². The Kier molecular flexibility index (Phi) is 14.4. The summed E-state index contributed by atoms with van der Waals surface area (Å²) in [4.78, 5) is 7.19. The molecule has 1 rings (SSSR count). The fraction of sp³-hybridized carbons (Fsp3) is 0.933. The molecule has 0 spiro atoms. The highest BCUT2D eigenvalue weighted by Gasteiger charge is 2.23. The van der Waals surface area contributed by atoms with Crippen LogP contribution in [0, 0.1) is 0 Å². The van der Waals surface area contributed by atoms with E-state index < -0.39 is 0 Å². The molecule has 1 heterocycles. The van der Waals surface area contributed by atoms with E-state index >= 15 is 0 Å². The van der Waals surface area contributed by atoms with Crippen LogP contribution in [0.2, 0.25) is 0 Å². The monoisotopic (exact) mass is 428 g/mol. The summed E-state index contributed by atoms with van der Waals surface area (Å²) in [6.45, 7) is 11.0. The van der Waals surface area contributed by atoms with Gasteiger partial charge in [0.2, 0.25) is 0 Å². The first-order valence-electron chi connectivity index (χ1n) is 8.14. The summed E-state index contributed by atoms with van der Waals surface area (Å²) in [5.74, 6) is 0.885. The molecule has 0 aromatic rings. The van der Waals surface area contributed by atoms with Crippen LogP contribution in [0.5, 0.6) is 0 Å². The SMILES string of the molecule is CCNC(=NCC1CCCN1CCOC)NCCOCC.I. The fourth-order valence-corrected chi connectivity index (χ4v) is 2.53. The van der Waals surface area contributed by atoms with Crippen molar-refractivity contribution in [2.24, 2.45) is 4.99 Å². The van der Waals surface area contributed by atoms with Gasteiger partial charge in [-0.3, -0.25) is 9.89 Å². The second-order valence-electron chi connectivity index (χ2n) is 5.17. The molecule has 1 saturated heterocycles. The van der Waals surface area contributed by atoms with Crippen LogP contribution in [0.25, 0.3) is 0 Å². The lowest BCUT2D eigenvalue weighted by molar-refractivity contribution is 0.142. The number of likely N-dealkylation sites (tertiary alicyclic amines) is 1. The van der Waals surface area contributed by atoms with Crippen LogP contribution in [0.3, 0.4) is 0 Å². The van der Waals surface area contributed by atoms with Crippen LogP contribution in [-0.4, -0.2) is 76.6 Å². The van der Waals surface area contributed by atoms with Gasteiger partial charge < -0.3 is 20.1 Å². The summed E-state index contributed by atoms with van der Waals surface area (Å²) in [6, 6.07) is 0.544. The molecule has 1 aliphatic heterocycles. The quantitative estimate of drug-likeness (QED) is 0.238. The van der Waals surface area contributed by atoms with Gasteiger partial charge in [0.1, 0.15) is 0 Å². The van der Waals surface area contributed by atoms with Gasteiger partial charge in [-0.15, -0.1) is 24.0 Å². The Morgan fingerprint density at radius 2 is 2.09 bits per heavy atom. The van der Waals surface area contributed by atoms with Gasteiger partial charge in [-0.1, -0.05) is 0 Å². The standard InChI is InChI=1S/C15H32N4O2.HI/c1-4-16-15(17-8-11-21-5-2)18-13-14-7-6-9-19(14)10-12-20-3;/h14H,4-13H2,1-3H3,(H2,16,17,18);1H. The Morgan fingerprint density at radius 1 is 1.27 bits per heavy atom. The zero-order valence-corrected chi connectivity index (χ0v) is 16.6. The van der Waals surface area contributed by atoms with E-state index in [0.717, 1.165) is 51.9 Å². The molecule has 0 radical (unpaired) electrons. The Bertz CT molecular complexity index is 293. The van der Waals surface area contributed by atoms with Crippen molar-refractivity contribution in [3.8, 4) is 0 Å². The zero-order valence-electron chi connectivity index (χ0n) is 14.3. The van der Waals surface area contributed by atoms with Crippen molar-refractivity contribution in [1.82, 2.24) is 15.5 Å². The van der Waals surface area contributed by atoms with Crippen LogP contribution < -0.4 is 10.6 Å². The lowest BCUT2D eigenvalue weighted by Crippen LogP contribution is -2.41. The largest absolute Gasteiger partial charge is 0.383 e. The van der Waals surface area contributed by atoms with E-state index in [1.165, 1.54) is 12.8 Å². The fourth-order valence-electron chi connectivity index (χ4n) is 2.53. The highest BCUT2D eigenvalue weighted by Crippen LogP contribution is 2.16. The molecule has 6 nitrogen and oxygen atoms in total. The van der Waals surface area contributed by atoms with Gasteiger partial charge in [-0.05, 0) is 33.2 Å². The van der Waals surface area contributed by atoms with Crippen molar-refractivity contribution >= 4 is 29.9 Å². The van der Waals surface area contributed by atoms with Crippen molar-refractivity contribution in [3.63, 3.8) is 0 Å². The summed E-state index contributed by atoms with van der Waals surface area (Å²) in [7, 11) is 1.76.